The monoisotopic (exact) mass is 302 g/mol. The Morgan fingerprint density at radius 2 is 2.16 bits per heavy atom. The molecule has 1 N–H and O–H groups in total. The minimum atomic E-state index is -0.332. The first-order chi connectivity index (χ1) is 9.02. The quantitative estimate of drug-likeness (QED) is 0.644. The first kappa shape index (κ1) is 15.8. The number of carbonyl (C=O) groups is 1. The molecule has 1 aromatic carbocycles. The summed E-state index contributed by atoms with van der Waals surface area (Å²) in [6.07, 6.45) is 1.84. The van der Waals surface area contributed by atoms with Gasteiger partial charge in [0.15, 0.2) is 6.61 Å². The number of hydrogen-bond donors (Lipinski definition) is 1. The van der Waals surface area contributed by atoms with Gasteiger partial charge in [-0.25, -0.2) is 5.43 Å². The first-order valence-corrected chi connectivity index (χ1v) is 6.68. The van der Waals surface area contributed by atoms with E-state index in [0.29, 0.717) is 15.8 Å². The molecule has 1 aromatic rings. The van der Waals surface area contributed by atoms with Gasteiger partial charge in [-0.1, -0.05) is 36.5 Å². The third kappa shape index (κ3) is 5.94. The van der Waals surface area contributed by atoms with Crippen LogP contribution in [0.4, 0.5) is 0 Å². The highest BCUT2D eigenvalue weighted by Gasteiger charge is 2.06. The number of carbonyl (C=O) groups excluding carboxylic acids is 1. The van der Waals surface area contributed by atoms with Crippen LogP contribution in [0, 0.1) is 0 Å². The number of hydrazone groups is 1. The lowest BCUT2D eigenvalue weighted by molar-refractivity contribution is -0.123. The number of nitrogens with one attached hydrogen (secondary N) is 1. The molecule has 0 spiro atoms. The molecule has 1 rings (SSSR count). The molecule has 0 saturated heterocycles. The van der Waals surface area contributed by atoms with Crippen molar-refractivity contribution in [2.75, 3.05) is 6.61 Å². The summed E-state index contributed by atoms with van der Waals surface area (Å²) in [6, 6.07) is 4.81. The second kappa shape index (κ2) is 8.02. The van der Waals surface area contributed by atoms with Crippen LogP contribution in [0.3, 0.4) is 0 Å². The molecule has 0 aliphatic rings. The second-order valence-corrected chi connectivity index (χ2v) is 4.84. The van der Waals surface area contributed by atoms with Gasteiger partial charge in [-0.3, -0.25) is 4.79 Å². The molecule has 104 valence electrons. The van der Waals surface area contributed by atoms with Gasteiger partial charge in [0, 0.05) is 10.7 Å². The SMILES string of the molecule is CCCC(C)=NNC(=O)COc1ccc(Cl)cc1Cl. The van der Waals surface area contributed by atoms with Crippen molar-refractivity contribution in [1.82, 2.24) is 5.43 Å². The molecule has 19 heavy (non-hydrogen) atoms. The summed E-state index contributed by atoms with van der Waals surface area (Å²) < 4.78 is 5.27. The van der Waals surface area contributed by atoms with Gasteiger partial charge in [-0.05, 0) is 31.5 Å². The maximum Gasteiger partial charge on any atom is 0.277 e. The van der Waals surface area contributed by atoms with Crippen LogP contribution in [-0.2, 0) is 4.79 Å². The van der Waals surface area contributed by atoms with Crippen molar-refractivity contribution in [1.29, 1.82) is 0 Å². The van der Waals surface area contributed by atoms with Gasteiger partial charge in [0.25, 0.3) is 5.91 Å². The van der Waals surface area contributed by atoms with E-state index in [9.17, 15) is 4.79 Å². The summed E-state index contributed by atoms with van der Waals surface area (Å²) >= 11 is 11.7. The van der Waals surface area contributed by atoms with Gasteiger partial charge in [-0.15, -0.1) is 0 Å². The van der Waals surface area contributed by atoms with Gasteiger partial charge in [0.1, 0.15) is 5.75 Å². The van der Waals surface area contributed by atoms with Gasteiger partial charge >= 0.3 is 0 Å². The number of ether oxygens (including phenoxy) is 1. The molecule has 0 heterocycles. The molecular weight excluding hydrogens is 287 g/mol. The molecule has 0 aliphatic heterocycles. The van der Waals surface area contributed by atoms with Gasteiger partial charge in [0.2, 0.25) is 0 Å². The van der Waals surface area contributed by atoms with Gasteiger partial charge in [-0.2, -0.15) is 5.10 Å². The van der Waals surface area contributed by atoms with Crippen molar-refractivity contribution in [2.24, 2.45) is 5.10 Å². The molecule has 4 nitrogen and oxygen atoms in total. The zero-order valence-corrected chi connectivity index (χ0v) is 12.4. The number of benzene rings is 1. The maximum absolute atomic E-state index is 11.5. The van der Waals surface area contributed by atoms with Crippen molar-refractivity contribution in [3.8, 4) is 5.75 Å². The van der Waals surface area contributed by atoms with Crippen molar-refractivity contribution in [3.05, 3.63) is 28.2 Å². The predicted octanol–water partition coefficient (Wildman–Crippen LogP) is 3.66. The van der Waals surface area contributed by atoms with Crippen LogP contribution in [0.15, 0.2) is 23.3 Å². The Hall–Kier alpha value is -1.26. The minimum Gasteiger partial charge on any atom is -0.482 e. The molecule has 0 bridgehead atoms. The number of nitrogens with zero attached hydrogens (tertiary/aromatic N) is 1. The molecule has 6 heteroatoms. The highest BCUT2D eigenvalue weighted by atomic mass is 35.5. The van der Waals surface area contributed by atoms with Gasteiger partial charge < -0.3 is 4.74 Å². The topological polar surface area (TPSA) is 50.7 Å². The summed E-state index contributed by atoms with van der Waals surface area (Å²) in [5.41, 5.74) is 3.30. The van der Waals surface area contributed by atoms with E-state index in [1.807, 2.05) is 13.8 Å². The predicted molar refractivity (Wildman–Crippen MR) is 78.1 cm³/mol. The largest absolute Gasteiger partial charge is 0.482 e. The van der Waals surface area contributed by atoms with Crippen LogP contribution in [0.2, 0.25) is 10.0 Å². The van der Waals surface area contributed by atoms with Crippen LogP contribution in [0.25, 0.3) is 0 Å². The van der Waals surface area contributed by atoms with Crippen molar-refractivity contribution < 1.29 is 9.53 Å². The van der Waals surface area contributed by atoms with E-state index in [-0.39, 0.29) is 12.5 Å². The number of amides is 1. The maximum atomic E-state index is 11.5. The molecule has 0 aromatic heterocycles. The van der Waals surface area contributed by atoms with Crippen LogP contribution >= 0.6 is 23.2 Å². The van der Waals surface area contributed by atoms with E-state index >= 15 is 0 Å². The minimum absolute atomic E-state index is 0.149. The summed E-state index contributed by atoms with van der Waals surface area (Å²) in [4.78, 5) is 11.5. The molecule has 0 atom stereocenters. The molecule has 1 amide bonds. The zero-order valence-electron chi connectivity index (χ0n) is 10.9. The van der Waals surface area contributed by atoms with Crippen LogP contribution in [-0.4, -0.2) is 18.2 Å². The molecular formula is C13H16Cl2N2O2. The molecule has 0 unspecified atom stereocenters. The Labute approximate surface area is 122 Å². The first-order valence-electron chi connectivity index (χ1n) is 5.92. The number of hydrogen-bond acceptors (Lipinski definition) is 3. The normalized spacial score (nSPS) is 11.3. The lowest BCUT2D eigenvalue weighted by Crippen LogP contribution is -2.25. The molecule has 0 radical (unpaired) electrons. The Kier molecular flexibility index (Phi) is 6.67. The summed E-state index contributed by atoms with van der Waals surface area (Å²) in [5.74, 6) is 0.0805. The highest BCUT2D eigenvalue weighted by molar-refractivity contribution is 6.35. The Balaban J connectivity index is 2.44. The summed E-state index contributed by atoms with van der Waals surface area (Å²) in [7, 11) is 0. The Morgan fingerprint density at radius 1 is 1.42 bits per heavy atom. The van der Waals surface area contributed by atoms with Crippen LogP contribution < -0.4 is 10.2 Å². The molecule has 0 saturated carbocycles. The third-order valence-electron chi connectivity index (χ3n) is 2.24. The highest BCUT2D eigenvalue weighted by Crippen LogP contribution is 2.27. The van der Waals surface area contributed by atoms with Crippen molar-refractivity contribution in [2.45, 2.75) is 26.7 Å². The van der Waals surface area contributed by atoms with E-state index in [2.05, 4.69) is 10.5 Å². The average molecular weight is 303 g/mol. The van der Waals surface area contributed by atoms with Crippen molar-refractivity contribution in [3.63, 3.8) is 0 Å². The van der Waals surface area contributed by atoms with Crippen molar-refractivity contribution >= 4 is 34.8 Å². The molecule has 0 aliphatic carbocycles. The third-order valence-corrected chi connectivity index (χ3v) is 2.77. The van der Waals surface area contributed by atoms with E-state index in [1.165, 1.54) is 0 Å². The lowest BCUT2D eigenvalue weighted by atomic mass is 10.2. The second-order valence-electron chi connectivity index (χ2n) is 4.00. The average Bonchev–Trinajstić information content (AvgIpc) is 2.35. The fourth-order valence-corrected chi connectivity index (χ4v) is 1.81. The van der Waals surface area contributed by atoms with E-state index in [4.69, 9.17) is 27.9 Å². The standard InChI is InChI=1S/C13H16Cl2N2O2/c1-3-4-9(2)16-17-13(18)8-19-12-6-5-10(14)7-11(12)15/h5-7H,3-4,8H2,1-2H3,(H,17,18). The van der Waals surface area contributed by atoms with E-state index in [1.54, 1.807) is 18.2 Å². The summed E-state index contributed by atoms with van der Waals surface area (Å²) in [5, 5.41) is 4.83. The fraction of sp³-hybridized carbons (Fsp3) is 0.385. The van der Waals surface area contributed by atoms with E-state index < -0.39 is 0 Å². The fourth-order valence-electron chi connectivity index (χ4n) is 1.34. The summed E-state index contributed by atoms with van der Waals surface area (Å²) in [6.45, 7) is 3.76. The smallest absolute Gasteiger partial charge is 0.277 e. The van der Waals surface area contributed by atoms with E-state index in [0.717, 1.165) is 18.6 Å². The Morgan fingerprint density at radius 3 is 2.79 bits per heavy atom. The van der Waals surface area contributed by atoms with Crippen LogP contribution in [0.1, 0.15) is 26.7 Å². The van der Waals surface area contributed by atoms with Crippen LogP contribution in [0.5, 0.6) is 5.75 Å². The number of rotatable bonds is 6. The number of halogens is 2. The van der Waals surface area contributed by atoms with Gasteiger partial charge in [0.05, 0.1) is 5.02 Å². The zero-order chi connectivity index (χ0) is 14.3. The Bertz CT molecular complexity index is 476. The lowest BCUT2D eigenvalue weighted by Gasteiger charge is -2.07. The molecule has 0 fully saturated rings.